The fourth-order valence-corrected chi connectivity index (χ4v) is 0.783. The zero-order chi connectivity index (χ0) is 10.0. The van der Waals surface area contributed by atoms with Gasteiger partial charge in [-0.2, -0.15) is 0 Å². The Balaban J connectivity index is 3.35. The van der Waals surface area contributed by atoms with E-state index < -0.39 is 23.3 Å². The van der Waals surface area contributed by atoms with E-state index in [-0.39, 0.29) is 0 Å². The Hall–Kier alpha value is -1.98. The van der Waals surface area contributed by atoms with E-state index in [1.54, 1.807) is 0 Å². The van der Waals surface area contributed by atoms with Crippen molar-refractivity contribution in [3.63, 3.8) is 0 Å². The molecule has 0 aliphatic rings. The van der Waals surface area contributed by atoms with E-state index >= 15 is 0 Å². The van der Waals surface area contributed by atoms with E-state index in [0.29, 0.717) is 5.69 Å². The maximum Gasteiger partial charge on any atom is 0.357 e. The summed E-state index contributed by atoms with van der Waals surface area (Å²) in [4.78, 5) is 28.0. The van der Waals surface area contributed by atoms with E-state index in [0.717, 1.165) is 0 Å². The molecule has 0 fully saturated rings. The molecule has 0 aliphatic heterocycles. The summed E-state index contributed by atoms with van der Waals surface area (Å²) in [7, 11) is 0. The normalized spacial score (nSPS) is 9.62. The van der Waals surface area contributed by atoms with Crippen LogP contribution in [0.15, 0.2) is 6.20 Å². The molecule has 0 aromatic carbocycles. The fourth-order valence-electron chi connectivity index (χ4n) is 0.783. The van der Waals surface area contributed by atoms with E-state index in [1.165, 1.54) is 13.1 Å². The maximum atomic E-state index is 10.5. The second-order valence-corrected chi connectivity index (χ2v) is 2.32. The average molecular weight is 182 g/mol. The van der Waals surface area contributed by atoms with Gasteiger partial charge in [0.05, 0.1) is 5.69 Å². The molecule has 1 heterocycles. The third-order valence-corrected chi connectivity index (χ3v) is 1.30. The van der Waals surface area contributed by atoms with Gasteiger partial charge in [0.25, 0.3) is 0 Å². The molecule has 0 radical (unpaired) electrons. The van der Waals surface area contributed by atoms with Gasteiger partial charge < -0.3 is 10.2 Å². The van der Waals surface area contributed by atoms with Crippen LogP contribution in [0.4, 0.5) is 0 Å². The summed E-state index contributed by atoms with van der Waals surface area (Å²) < 4.78 is 0. The van der Waals surface area contributed by atoms with Gasteiger partial charge in [0, 0.05) is 6.20 Å². The van der Waals surface area contributed by atoms with Crippen LogP contribution in [0.2, 0.25) is 0 Å². The Morgan fingerprint density at radius 2 is 1.77 bits per heavy atom. The lowest BCUT2D eigenvalue weighted by molar-refractivity contribution is 0.0640. The minimum absolute atomic E-state index is 0.363. The van der Waals surface area contributed by atoms with Gasteiger partial charge in [-0.1, -0.05) is 0 Å². The lowest BCUT2D eigenvalue weighted by Crippen LogP contribution is -2.13. The number of rotatable bonds is 2. The van der Waals surface area contributed by atoms with Gasteiger partial charge in [-0.3, -0.25) is 0 Å². The van der Waals surface area contributed by atoms with Crippen molar-refractivity contribution in [2.24, 2.45) is 0 Å². The molecular formula is C7H6N2O4. The number of aryl methyl sites for hydroxylation is 1. The van der Waals surface area contributed by atoms with Gasteiger partial charge in [-0.05, 0) is 6.92 Å². The number of carboxylic acid groups (broad SMARTS) is 2. The molecule has 1 rings (SSSR count). The maximum absolute atomic E-state index is 10.5. The number of carboxylic acids is 2. The minimum Gasteiger partial charge on any atom is -0.476 e. The van der Waals surface area contributed by atoms with E-state index in [2.05, 4.69) is 9.97 Å². The first-order valence-corrected chi connectivity index (χ1v) is 3.32. The molecule has 2 N–H and O–H groups in total. The van der Waals surface area contributed by atoms with Crippen molar-refractivity contribution in [1.82, 2.24) is 9.97 Å². The van der Waals surface area contributed by atoms with Crippen molar-refractivity contribution in [3.8, 4) is 0 Å². The van der Waals surface area contributed by atoms with Crippen LogP contribution in [0.25, 0.3) is 0 Å². The molecule has 1 aromatic rings. The molecule has 0 amide bonds. The molecule has 1 aromatic heterocycles. The van der Waals surface area contributed by atoms with Crippen LogP contribution in [0.1, 0.15) is 26.7 Å². The van der Waals surface area contributed by atoms with Gasteiger partial charge in [-0.25, -0.2) is 19.6 Å². The number of carbonyl (C=O) groups is 2. The van der Waals surface area contributed by atoms with Gasteiger partial charge >= 0.3 is 11.9 Å². The summed E-state index contributed by atoms with van der Waals surface area (Å²) in [5, 5.41) is 17.1. The molecule has 0 saturated heterocycles. The largest absolute Gasteiger partial charge is 0.476 e. The standard InChI is InChI=1S/C7H6N2O4/c1-3-2-8-4(6(10)11)5(9-3)7(12)13/h2H,1H3,(H,10,11)(H,12,13). The van der Waals surface area contributed by atoms with E-state index in [4.69, 9.17) is 10.2 Å². The zero-order valence-electron chi connectivity index (χ0n) is 6.68. The predicted molar refractivity (Wildman–Crippen MR) is 40.7 cm³/mol. The molecular weight excluding hydrogens is 176 g/mol. The predicted octanol–water partition coefficient (Wildman–Crippen LogP) is 0.181. The monoisotopic (exact) mass is 182 g/mol. The number of nitrogens with zero attached hydrogens (tertiary/aromatic N) is 2. The summed E-state index contributed by atoms with van der Waals surface area (Å²) >= 11 is 0. The highest BCUT2D eigenvalue weighted by molar-refractivity contribution is 5.98. The van der Waals surface area contributed by atoms with Gasteiger partial charge in [0.15, 0.2) is 11.4 Å². The minimum atomic E-state index is -1.40. The summed E-state index contributed by atoms with van der Waals surface area (Å²) in [6.07, 6.45) is 1.20. The second kappa shape index (κ2) is 3.18. The molecule has 0 atom stereocenters. The Bertz CT molecular complexity index is 375. The van der Waals surface area contributed by atoms with Crippen LogP contribution in [0.5, 0.6) is 0 Å². The van der Waals surface area contributed by atoms with Crippen molar-refractivity contribution in [2.75, 3.05) is 0 Å². The Kier molecular flexibility index (Phi) is 2.23. The van der Waals surface area contributed by atoms with Crippen molar-refractivity contribution >= 4 is 11.9 Å². The van der Waals surface area contributed by atoms with Crippen molar-refractivity contribution in [2.45, 2.75) is 6.92 Å². The molecule has 0 aliphatic carbocycles. The second-order valence-electron chi connectivity index (χ2n) is 2.32. The molecule has 0 unspecified atom stereocenters. The van der Waals surface area contributed by atoms with Crippen molar-refractivity contribution < 1.29 is 19.8 Å². The third kappa shape index (κ3) is 1.78. The average Bonchev–Trinajstić information content (AvgIpc) is 2.03. The molecule has 0 bridgehead atoms. The zero-order valence-corrected chi connectivity index (χ0v) is 6.68. The molecule has 68 valence electrons. The van der Waals surface area contributed by atoms with Crippen LogP contribution in [0, 0.1) is 6.92 Å². The Morgan fingerprint density at radius 3 is 2.23 bits per heavy atom. The van der Waals surface area contributed by atoms with Crippen molar-refractivity contribution in [1.29, 1.82) is 0 Å². The SMILES string of the molecule is Cc1cnc(C(=O)O)c(C(=O)O)n1. The molecule has 6 nitrogen and oxygen atoms in total. The van der Waals surface area contributed by atoms with Crippen LogP contribution < -0.4 is 0 Å². The molecule has 0 saturated carbocycles. The van der Waals surface area contributed by atoms with Crippen LogP contribution in [-0.4, -0.2) is 32.1 Å². The number of hydrogen-bond acceptors (Lipinski definition) is 4. The Labute approximate surface area is 72.9 Å². The quantitative estimate of drug-likeness (QED) is 0.676. The van der Waals surface area contributed by atoms with E-state index in [1.807, 2.05) is 0 Å². The van der Waals surface area contributed by atoms with Gasteiger partial charge in [0.2, 0.25) is 0 Å². The summed E-state index contributed by atoms with van der Waals surface area (Å²) in [6.45, 7) is 1.53. The molecule has 6 heteroatoms. The summed E-state index contributed by atoms with van der Waals surface area (Å²) in [6, 6.07) is 0. The third-order valence-electron chi connectivity index (χ3n) is 1.30. The molecule has 0 spiro atoms. The lowest BCUT2D eigenvalue weighted by Gasteiger charge is -1.99. The van der Waals surface area contributed by atoms with Crippen LogP contribution in [0.3, 0.4) is 0 Å². The van der Waals surface area contributed by atoms with Gasteiger partial charge in [-0.15, -0.1) is 0 Å². The first-order valence-electron chi connectivity index (χ1n) is 3.32. The van der Waals surface area contributed by atoms with Gasteiger partial charge in [0.1, 0.15) is 0 Å². The first kappa shape index (κ1) is 9.11. The van der Waals surface area contributed by atoms with Crippen LogP contribution >= 0.6 is 0 Å². The van der Waals surface area contributed by atoms with Crippen molar-refractivity contribution in [3.05, 3.63) is 23.3 Å². The summed E-state index contributed by atoms with van der Waals surface area (Å²) in [5.41, 5.74) is -0.715. The highest BCUT2D eigenvalue weighted by Gasteiger charge is 2.18. The fraction of sp³-hybridized carbons (Fsp3) is 0.143. The number of aromatic nitrogens is 2. The highest BCUT2D eigenvalue weighted by Crippen LogP contribution is 2.03. The topological polar surface area (TPSA) is 100 Å². The van der Waals surface area contributed by atoms with Crippen LogP contribution in [-0.2, 0) is 0 Å². The Morgan fingerprint density at radius 1 is 1.23 bits per heavy atom. The highest BCUT2D eigenvalue weighted by atomic mass is 16.4. The smallest absolute Gasteiger partial charge is 0.357 e. The number of hydrogen-bond donors (Lipinski definition) is 2. The molecule has 13 heavy (non-hydrogen) atoms. The number of aromatic carboxylic acids is 2. The van der Waals surface area contributed by atoms with E-state index in [9.17, 15) is 9.59 Å². The lowest BCUT2D eigenvalue weighted by atomic mass is 10.3. The summed E-state index contributed by atoms with van der Waals surface area (Å²) in [5.74, 6) is -2.79. The first-order chi connectivity index (χ1) is 6.02.